The van der Waals surface area contributed by atoms with Gasteiger partial charge < -0.3 is 4.74 Å². The molecule has 0 unspecified atom stereocenters. The molecule has 0 aliphatic heterocycles. The third-order valence-electron chi connectivity index (χ3n) is 2.23. The first-order chi connectivity index (χ1) is 7.11. The van der Waals surface area contributed by atoms with Crippen LogP contribution in [0, 0.1) is 0 Å². The van der Waals surface area contributed by atoms with Gasteiger partial charge in [-0.1, -0.05) is 13.8 Å². The van der Waals surface area contributed by atoms with E-state index in [1.165, 1.54) is 0 Å². The van der Waals surface area contributed by atoms with E-state index in [1.54, 1.807) is 11.8 Å². The Bertz CT molecular complexity index is 489. The van der Waals surface area contributed by atoms with E-state index < -0.39 is 0 Å². The molecule has 80 valence electrons. The lowest BCUT2D eigenvalue weighted by atomic mass is 10.1. The molecule has 0 atom stereocenters. The first-order valence-corrected chi connectivity index (χ1v) is 4.87. The number of fused-ring (bicyclic) bond motifs is 1. The lowest BCUT2D eigenvalue weighted by molar-refractivity contribution is 0.379. The fraction of sp³-hybridized carbons (Fsp3) is 0.500. The monoisotopic (exact) mass is 206 g/mol. The molecule has 0 aliphatic carbocycles. The van der Waals surface area contributed by atoms with Crippen molar-refractivity contribution in [3.8, 4) is 6.01 Å². The van der Waals surface area contributed by atoms with E-state index in [0.717, 1.165) is 11.1 Å². The van der Waals surface area contributed by atoms with Crippen LogP contribution in [0.5, 0.6) is 6.01 Å². The number of aromatic nitrogens is 4. The third-order valence-corrected chi connectivity index (χ3v) is 2.23. The molecule has 0 fully saturated rings. The van der Waals surface area contributed by atoms with Gasteiger partial charge in [0.05, 0.1) is 18.2 Å². The minimum Gasteiger partial charge on any atom is -0.467 e. The van der Waals surface area contributed by atoms with E-state index in [-0.39, 0.29) is 0 Å². The molecular weight excluding hydrogens is 192 g/mol. The van der Waals surface area contributed by atoms with Crippen LogP contribution in [0.1, 0.15) is 25.5 Å². The first-order valence-electron chi connectivity index (χ1n) is 4.87. The molecule has 0 saturated heterocycles. The summed E-state index contributed by atoms with van der Waals surface area (Å²) < 4.78 is 6.79. The Morgan fingerprint density at radius 1 is 1.33 bits per heavy atom. The average molecular weight is 206 g/mol. The Hall–Kier alpha value is -1.65. The normalized spacial score (nSPS) is 11.3. The summed E-state index contributed by atoms with van der Waals surface area (Å²) in [6.07, 6.45) is 1.93. The summed E-state index contributed by atoms with van der Waals surface area (Å²) in [6, 6.07) is 0.380. The van der Waals surface area contributed by atoms with Gasteiger partial charge in [0.1, 0.15) is 0 Å². The smallest absolute Gasteiger partial charge is 0.318 e. The molecule has 2 rings (SSSR count). The Morgan fingerprint density at radius 2 is 2.07 bits per heavy atom. The van der Waals surface area contributed by atoms with Gasteiger partial charge in [-0.05, 0) is 5.92 Å². The third kappa shape index (κ3) is 1.65. The molecule has 15 heavy (non-hydrogen) atoms. The molecule has 2 aromatic rings. The summed E-state index contributed by atoms with van der Waals surface area (Å²) in [6.45, 7) is 4.18. The van der Waals surface area contributed by atoms with Crippen molar-refractivity contribution in [1.82, 2.24) is 19.7 Å². The largest absolute Gasteiger partial charge is 0.467 e. The van der Waals surface area contributed by atoms with Gasteiger partial charge in [0.25, 0.3) is 0 Å². The van der Waals surface area contributed by atoms with Crippen molar-refractivity contribution in [2.45, 2.75) is 19.8 Å². The van der Waals surface area contributed by atoms with Gasteiger partial charge in [0.2, 0.25) is 0 Å². The molecule has 2 heterocycles. The standard InChI is InChI=1S/C10H14N4O/c1-6(2)8-7-5-14(3)13-9(7)12-10(11-8)15-4/h5-6H,1-4H3. The van der Waals surface area contributed by atoms with E-state index in [4.69, 9.17) is 4.74 Å². The Labute approximate surface area is 88.1 Å². The highest BCUT2D eigenvalue weighted by Gasteiger charge is 2.13. The van der Waals surface area contributed by atoms with E-state index in [9.17, 15) is 0 Å². The van der Waals surface area contributed by atoms with Crippen molar-refractivity contribution in [2.75, 3.05) is 7.11 Å². The summed E-state index contributed by atoms with van der Waals surface area (Å²) in [4.78, 5) is 8.54. The zero-order valence-corrected chi connectivity index (χ0v) is 9.35. The predicted octanol–water partition coefficient (Wildman–Crippen LogP) is 1.50. The Kier molecular flexibility index (Phi) is 2.30. The van der Waals surface area contributed by atoms with E-state index in [1.807, 2.05) is 13.2 Å². The second-order valence-corrected chi connectivity index (χ2v) is 3.79. The van der Waals surface area contributed by atoms with E-state index in [2.05, 4.69) is 28.9 Å². The summed E-state index contributed by atoms with van der Waals surface area (Å²) in [5.74, 6) is 0.327. The molecule has 0 aliphatic rings. The van der Waals surface area contributed by atoms with Crippen LogP contribution in [-0.4, -0.2) is 26.9 Å². The zero-order valence-electron chi connectivity index (χ0n) is 9.35. The molecule has 0 spiro atoms. The van der Waals surface area contributed by atoms with Crippen molar-refractivity contribution in [3.63, 3.8) is 0 Å². The molecule has 0 bridgehead atoms. The lowest BCUT2D eigenvalue weighted by Gasteiger charge is -2.06. The van der Waals surface area contributed by atoms with Crippen LogP contribution >= 0.6 is 0 Å². The van der Waals surface area contributed by atoms with Crippen LogP contribution < -0.4 is 4.74 Å². The second-order valence-electron chi connectivity index (χ2n) is 3.79. The average Bonchev–Trinajstić information content (AvgIpc) is 2.55. The van der Waals surface area contributed by atoms with Crippen LogP contribution in [0.3, 0.4) is 0 Å². The SMILES string of the molecule is COc1nc(C(C)C)c2cn(C)nc2n1. The minimum atomic E-state index is 0.327. The molecule has 0 saturated carbocycles. The lowest BCUT2D eigenvalue weighted by Crippen LogP contribution is -1.99. The molecule has 2 aromatic heterocycles. The van der Waals surface area contributed by atoms with Crippen molar-refractivity contribution >= 4 is 11.0 Å². The molecule has 0 N–H and O–H groups in total. The van der Waals surface area contributed by atoms with Crippen LogP contribution in [-0.2, 0) is 7.05 Å². The molecule has 0 aromatic carbocycles. The highest BCUT2D eigenvalue weighted by Crippen LogP contribution is 2.23. The second kappa shape index (κ2) is 3.49. The van der Waals surface area contributed by atoms with Crippen LogP contribution in [0.2, 0.25) is 0 Å². The van der Waals surface area contributed by atoms with Crippen molar-refractivity contribution in [1.29, 1.82) is 0 Å². The molecular formula is C10H14N4O. The predicted molar refractivity (Wildman–Crippen MR) is 56.9 cm³/mol. The number of ether oxygens (including phenoxy) is 1. The number of hydrogen-bond donors (Lipinski definition) is 0. The highest BCUT2D eigenvalue weighted by molar-refractivity contribution is 5.77. The van der Waals surface area contributed by atoms with Gasteiger partial charge in [-0.25, -0.2) is 0 Å². The molecule has 5 nitrogen and oxygen atoms in total. The minimum absolute atomic E-state index is 0.327. The Morgan fingerprint density at radius 3 is 2.67 bits per heavy atom. The quantitative estimate of drug-likeness (QED) is 0.747. The maximum absolute atomic E-state index is 5.05. The number of nitrogens with zero attached hydrogens (tertiary/aromatic N) is 4. The maximum atomic E-state index is 5.05. The summed E-state index contributed by atoms with van der Waals surface area (Å²) in [5, 5.41) is 5.24. The van der Waals surface area contributed by atoms with Crippen LogP contribution in [0.25, 0.3) is 11.0 Å². The summed E-state index contributed by atoms with van der Waals surface area (Å²) in [7, 11) is 3.44. The van der Waals surface area contributed by atoms with Crippen molar-refractivity contribution in [2.24, 2.45) is 7.05 Å². The molecule has 0 radical (unpaired) electrons. The number of aryl methyl sites for hydroxylation is 1. The number of hydrogen-bond acceptors (Lipinski definition) is 4. The van der Waals surface area contributed by atoms with E-state index in [0.29, 0.717) is 17.6 Å². The topological polar surface area (TPSA) is 52.8 Å². The fourth-order valence-electron chi connectivity index (χ4n) is 1.55. The Balaban J connectivity index is 2.73. The van der Waals surface area contributed by atoms with Gasteiger partial charge in [-0.15, -0.1) is 0 Å². The van der Waals surface area contributed by atoms with Crippen molar-refractivity contribution < 1.29 is 4.74 Å². The van der Waals surface area contributed by atoms with Crippen LogP contribution in [0.15, 0.2) is 6.20 Å². The number of rotatable bonds is 2. The molecule has 0 amide bonds. The molecule has 5 heteroatoms. The number of methoxy groups -OCH3 is 1. The fourth-order valence-corrected chi connectivity index (χ4v) is 1.55. The summed E-state index contributed by atoms with van der Waals surface area (Å²) >= 11 is 0. The van der Waals surface area contributed by atoms with Gasteiger partial charge in [0.15, 0.2) is 5.65 Å². The van der Waals surface area contributed by atoms with Crippen molar-refractivity contribution in [3.05, 3.63) is 11.9 Å². The maximum Gasteiger partial charge on any atom is 0.318 e. The van der Waals surface area contributed by atoms with Crippen LogP contribution in [0.4, 0.5) is 0 Å². The van der Waals surface area contributed by atoms with Gasteiger partial charge >= 0.3 is 6.01 Å². The van der Waals surface area contributed by atoms with Gasteiger partial charge in [0, 0.05) is 13.2 Å². The zero-order chi connectivity index (χ0) is 11.0. The summed E-state index contributed by atoms with van der Waals surface area (Å²) in [5.41, 5.74) is 1.66. The highest BCUT2D eigenvalue weighted by atomic mass is 16.5. The first kappa shape index (κ1) is 9.89. The van der Waals surface area contributed by atoms with Gasteiger partial charge in [-0.3, -0.25) is 4.68 Å². The van der Waals surface area contributed by atoms with E-state index >= 15 is 0 Å². The van der Waals surface area contributed by atoms with Gasteiger partial charge in [-0.2, -0.15) is 15.1 Å².